The van der Waals surface area contributed by atoms with E-state index in [1.807, 2.05) is 20.8 Å². The van der Waals surface area contributed by atoms with E-state index in [1.165, 1.54) is 13.4 Å². The summed E-state index contributed by atoms with van der Waals surface area (Å²) in [7, 11) is 3.14. The summed E-state index contributed by atoms with van der Waals surface area (Å²) in [6.07, 6.45) is 6.13. The summed E-state index contributed by atoms with van der Waals surface area (Å²) in [6.45, 7) is 7.91. The fourth-order valence-corrected chi connectivity index (χ4v) is 4.66. The molecular weight excluding hydrogens is 524 g/mol. The van der Waals surface area contributed by atoms with Gasteiger partial charge < -0.3 is 26.0 Å². The minimum absolute atomic E-state index is 0.237. The van der Waals surface area contributed by atoms with Crippen molar-refractivity contribution < 1.29 is 19.1 Å². The molecule has 1 saturated heterocycles. The molecule has 3 aromatic rings. The molecule has 3 heterocycles. The van der Waals surface area contributed by atoms with Crippen LogP contribution in [0, 0.1) is 5.41 Å². The first-order valence-corrected chi connectivity index (χ1v) is 13.6. The standard InChI is InChI=1S/C29H38N8O4/c1-17(30-5)26(38)36-24(29(2,3)4)28(40)37(27(39)20-8-7-11-32-20)22-14-19-21(15-23(22)41-6)33-16-34-25(19)35-18-9-12-31-13-10-18/h9-10,12-17,20,24,30,32H,7-8,11H2,1-6H3,(H,36,38)(H,31,33,34,35)/t17-,20-,24+/m0/s1. The zero-order valence-corrected chi connectivity index (χ0v) is 24.3. The average Bonchev–Trinajstić information content (AvgIpc) is 3.50. The highest BCUT2D eigenvalue weighted by Gasteiger charge is 2.42. The van der Waals surface area contributed by atoms with E-state index >= 15 is 0 Å². The molecule has 0 aliphatic carbocycles. The SMILES string of the molecule is CN[C@@H](C)C(=O)N[C@H](C(=O)N(C(=O)[C@@H]1CCCN1)c1cc2c(Nc3ccncc3)ncnc2cc1OC)C(C)(C)C. The molecule has 1 aliphatic rings. The predicted octanol–water partition coefficient (Wildman–Crippen LogP) is 2.53. The lowest BCUT2D eigenvalue weighted by Crippen LogP contribution is -2.60. The number of methoxy groups -OCH3 is 1. The van der Waals surface area contributed by atoms with Gasteiger partial charge in [-0.05, 0) is 57.0 Å². The molecule has 2 aromatic heterocycles. The fourth-order valence-electron chi connectivity index (χ4n) is 4.66. The van der Waals surface area contributed by atoms with Crippen LogP contribution in [0.1, 0.15) is 40.5 Å². The largest absolute Gasteiger partial charge is 0.494 e. The Hall–Kier alpha value is -4.16. The summed E-state index contributed by atoms with van der Waals surface area (Å²) >= 11 is 0. The number of anilines is 3. The number of hydrogen-bond acceptors (Lipinski definition) is 10. The van der Waals surface area contributed by atoms with Crippen molar-refractivity contribution in [3.05, 3.63) is 43.0 Å². The highest BCUT2D eigenvalue weighted by atomic mass is 16.5. The van der Waals surface area contributed by atoms with Crippen LogP contribution in [0.2, 0.25) is 0 Å². The Labute approximate surface area is 239 Å². The number of carbonyl (C=O) groups excluding carboxylic acids is 3. The molecule has 0 unspecified atom stereocenters. The van der Waals surface area contributed by atoms with Crippen molar-refractivity contribution >= 4 is 45.8 Å². The van der Waals surface area contributed by atoms with E-state index < -0.39 is 35.4 Å². The molecule has 1 aromatic carbocycles. The van der Waals surface area contributed by atoms with Crippen LogP contribution in [0.3, 0.4) is 0 Å². The number of amides is 3. The van der Waals surface area contributed by atoms with Gasteiger partial charge in [0.15, 0.2) is 0 Å². The quantitative estimate of drug-likeness (QED) is 0.306. The number of rotatable bonds is 9. The van der Waals surface area contributed by atoms with E-state index in [1.54, 1.807) is 50.6 Å². The topological polar surface area (TPSA) is 150 Å². The monoisotopic (exact) mass is 562 g/mol. The van der Waals surface area contributed by atoms with Gasteiger partial charge in [-0.15, -0.1) is 0 Å². The van der Waals surface area contributed by atoms with Gasteiger partial charge in [-0.1, -0.05) is 20.8 Å². The summed E-state index contributed by atoms with van der Waals surface area (Å²) in [4.78, 5) is 55.5. The maximum absolute atomic E-state index is 14.4. The third-order valence-corrected chi connectivity index (χ3v) is 7.14. The normalized spacial score (nSPS) is 16.6. The number of nitrogens with one attached hydrogen (secondary N) is 4. The molecule has 1 fully saturated rings. The number of aromatic nitrogens is 3. The van der Waals surface area contributed by atoms with Crippen molar-refractivity contribution in [2.45, 2.75) is 58.7 Å². The molecular formula is C29H38N8O4. The van der Waals surface area contributed by atoms with E-state index in [-0.39, 0.29) is 17.3 Å². The Morgan fingerprint density at radius 1 is 1.15 bits per heavy atom. The molecule has 4 rings (SSSR count). The number of fused-ring (bicyclic) bond motifs is 1. The molecule has 1 aliphatic heterocycles. The van der Waals surface area contributed by atoms with E-state index in [9.17, 15) is 14.4 Å². The molecule has 12 nitrogen and oxygen atoms in total. The van der Waals surface area contributed by atoms with Gasteiger partial charge in [-0.3, -0.25) is 19.4 Å². The van der Waals surface area contributed by atoms with Gasteiger partial charge in [0.25, 0.3) is 11.8 Å². The zero-order chi connectivity index (χ0) is 29.7. The summed E-state index contributed by atoms with van der Waals surface area (Å²) in [5.74, 6) is -0.572. The molecule has 0 bridgehead atoms. The van der Waals surface area contributed by atoms with E-state index in [4.69, 9.17) is 4.74 Å². The predicted molar refractivity (Wildman–Crippen MR) is 157 cm³/mol. The van der Waals surface area contributed by atoms with E-state index in [2.05, 4.69) is 36.2 Å². The Morgan fingerprint density at radius 2 is 1.88 bits per heavy atom. The molecule has 4 N–H and O–H groups in total. The van der Waals surface area contributed by atoms with E-state index in [0.717, 1.165) is 17.0 Å². The molecule has 12 heteroatoms. The number of ether oxygens (including phenoxy) is 1. The molecule has 3 atom stereocenters. The summed E-state index contributed by atoms with van der Waals surface area (Å²) in [6, 6.07) is 4.83. The van der Waals surface area contributed by atoms with Crippen molar-refractivity contribution in [3.63, 3.8) is 0 Å². The fraction of sp³-hybridized carbons (Fsp3) is 0.448. The van der Waals surface area contributed by atoms with Crippen molar-refractivity contribution in [2.75, 3.05) is 30.9 Å². The van der Waals surface area contributed by atoms with Gasteiger partial charge in [0.05, 0.1) is 30.4 Å². The highest BCUT2D eigenvalue weighted by Crippen LogP contribution is 2.37. The first-order chi connectivity index (χ1) is 19.5. The van der Waals surface area contributed by atoms with Crippen LogP contribution < -0.4 is 30.9 Å². The van der Waals surface area contributed by atoms with Crippen LogP contribution in [0.5, 0.6) is 5.75 Å². The number of carbonyl (C=O) groups is 3. The van der Waals surface area contributed by atoms with Gasteiger partial charge in [-0.2, -0.15) is 0 Å². The lowest BCUT2D eigenvalue weighted by atomic mass is 9.85. The first-order valence-electron chi connectivity index (χ1n) is 13.6. The number of hydrogen-bond donors (Lipinski definition) is 4. The number of nitrogens with zero attached hydrogens (tertiary/aromatic N) is 4. The maximum Gasteiger partial charge on any atom is 0.257 e. The van der Waals surface area contributed by atoms with Gasteiger partial charge in [0.1, 0.15) is 23.9 Å². The van der Waals surface area contributed by atoms with Crippen LogP contribution in [0.25, 0.3) is 10.9 Å². The zero-order valence-electron chi connectivity index (χ0n) is 24.3. The van der Waals surface area contributed by atoms with Gasteiger partial charge in [0.2, 0.25) is 5.91 Å². The molecule has 41 heavy (non-hydrogen) atoms. The third kappa shape index (κ3) is 6.60. The van der Waals surface area contributed by atoms with Gasteiger partial charge in [-0.25, -0.2) is 14.9 Å². The molecule has 3 amide bonds. The third-order valence-electron chi connectivity index (χ3n) is 7.14. The smallest absolute Gasteiger partial charge is 0.257 e. The van der Waals surface area contributed by atoms with Crippen molar-refractivity contribution in [2.24, 2.45) is 5.41 Å². The van der Waals surface area contributed by atoms with Crippen LogP contribution in [-0.2, 0) is 14.4 Å². The number of likely N-dealkylation sites (N-methyl/N-ethyl adjacent to an activating group) is 1. The maximum atomic E-state index is 14.4. The van der Waals surface area contributed by atoms with Crippen LogP contribution in [0.15, 0.2) is 43.0 Å². The molecule has 0 spiro atoms. The minimum Gasteiger partial charge on any atom is -0.494 e. The Morgan fingerprint density at radius 3 is 2.49 bits per heavy atom. The minimum atomic E-state index is -1.02. The highest BCUT2D eigenvalue weighted by molar-refractivity contribution is 6.20. The summed E-state index contributed by atoms with van der Waals surface area (Å²) in [5, 5.41) is 12.8. The summed E-state index contributed by atoms with van der Waals surface area (Å²) in [5.41, 5.74) is 0.829. The van der Waals surface area contributed by atoms with Gasteiger partial charge >= 0.3 is 0 Å². The first kappa shape index (κ1) is 29.8. The second-order valence-corrected chi connectivity index (χ2v) is 11.1. The van der Waals surface area contributed by atoms with Crippen molar-refractivity contribution in [1.29, 1.82) is 0 Å². The van der Waals surface area contributed by atoms with Crippen LogP contribution in [-0.4, -0.2) is 71.5 Å². The Balaban J connectivity index is 1.87. The van der Waals surface area contributed by atoms with Crippen LogP contribution in [0.4, 0.5) is 17.2 Å². The second kappa shape index (κ2) is 12.6. The van der Waals surface area contributed by atoms with Crippen molar-refractivity contribution in [3.8, 4) is 5.75 Å². The van der Waals surface area contributed by atoms with Crippen molar-refractivity contribution in [1.82, 2.24) is 30.9 Å². The molecule has 0 saturated carbocycles. The lowest BCUT2D eigenvalue weighted by Gasteiger charge is -2.36. The Bertz CT molecular complexity index is 1400. The average molecular weight is 563 g/mol. The van der Waals surface area contributed by atoms with E-state index in [0.29, 0.717) is 29.7 Å². The van der Waals surface area contributed by atoms with Crippen LogP contribution >= 0.6 is 0 Å². The van der Waals surface area contributed by atoms with Gasteiger partial charge in [0, 0.05) is 29.5 Å². The summed E-state index contributed by atoms with van der Waals surface area (Å²) < 4.78 is 5.70. The number of imide groups is 1. The molecule has 218 valence electrons. The molecule has 0 radical (unpaired) electrons. The second-order valence-electron chi connectivity index (χ2n) is 11.1. The lowest BCUT2D eigenvalue weighted by molar-refractivity contribution is -0.134. The number of pyridine rings is 1. The Kier molecular flexibility index (Phi) is 9.14. The number of benzene rings is 1.